The monoisotopic (exact) mass is 285 g/mol. The maximum Gasteiger partial charge on any atom is 0.161 e. The summed E-state index contributed by atoms with van der Waals surface area (Å²) in [5.74, 6) is 1.59. The maximum absolute atomic E-state index is 5.90. The van der Waals surface area contributed by atoms with Crippen LogP contribution in [0.3, 0.4) is 0 Å². The Morgan fingerprint density at radius 1 is 0.952 bits per heavy atom. The Labute approximate surface area is 126 Å². The zero-order chi connectivity index (χ0) is 14.9. The molecule has 0 bridgehead atoms. The van der Waals surface area contributed by atoms with Crippen molar-refractivity contribution in [2.45, 2.75) is 19.9 Å². The van der Waals surface area contributed by atoms with E-state index in [2.05, 4.69) is 30.4 Å². The lowest BCUT2D eigenvalue weighted by Gasteiger charge is -2.12. The summed E-state index contributed by atoms with van der Waals surface area (Å²) in [5, 5.41) is 3.31. The molecule has 0 unspecified atom stereocenters. The van der Waals surface area contributed by atoms with E-state index in [0.717, 1.165) is 31.0 Å². The van der Waals surface area contributed by atoms with E-state index in [-0.39, 0.29) is 0 Å². The van der Waals surface area contributed by atoms with Gasteiger partial charge in [0.1, 0.15) is 0 Å². The molecule has 0 aromatic heterocycles. The molecule has 0 atom stereocenters. The molecule has 2 rings (SSSR count). The van der Waals surface area contributed by atoms with Crippen molar-refractivity contribution in [2.75, 3.05) is 20.3 Å². The first-order valence-electron chi connectivity index (χ1n) is 7.38. The highest BCUT2D eigenvalue weighted by Crippen LogP contribution is 2.28. The van der Waals surface area contributed by atoms with Crippen LogP contribution >= 0.6 is 0 Å². The molecule has 3 heteroatoms. The van der Waals surface area contributed by atoms with Crippen LogP contribution in [0, 0.1) is 0 Å². The topological polar surface area (TPSA) is 30.5 Å². The first-order chi connectivity index (χ1) is 10.3. The largest absolute Gasteiger partial charge is 0.493 e. The number of nitrogens with one attached hydrogen (secondary N) is 1. The predicted octanol–water partition coefficient (Wildman–Crippen LogP) is 3.43. The van der Waals surface area contributed by atoms with Gasteiger partial charge in [-0.2, -0.15) is 0 Å². The van der Waals surface area contributed by atoms with Gasteiger partial charge in [0.2, 0.25) is 0 Å². The van der Waals surface area contributed by atoms with Crippen LogP contribution < -0.4 is 14.8 Å². The van der Waals surface area contributed by atoms with Crippen molar-refractivity contribution < 1.29 is 9.47 Å². The number of hydrogen-bond acceptors (Lipinski definition) is 3. The van der Waals surface area contributed by atoms with Gasteiger partial charge in [0.25, 0.3) is 0 Å². The average molecular weight is 285 g/mol. The van der Waals surface area contributed by atoms with Gasteiger partial charge in [0, 0.05) is 13.0 Å². The third-order valence-electron chi connectivity index (χ3n) is 3.30. The van der Waals surface area contributed by atoms with Crippen molar-refractivity contribution in [1.82, 2.24) is 5.32 Å². The second kappa shape index (κ2) is 8.32. The van der Waals surface area contributed by atoms with E-state index in [4.69, 9.17) is 9.47 Å². The molecule has 0 radical (unpaired) electrons. The molecule has 2 aromatic carbocycles. The molecule has 112 valence electrons. The Morgan fingerprint density at radius 2 is 1.76 bits per heavy atom. The van der Waals surface area contributed by atoms with Crippen LogP contribution in [0.1, 0.15) is 18.1 Å². The van der Waals surface area contributed by atoms with E-state index in [1.165, 1.54) is 11.1 Å². The maximum atomic E-state index is 5.90. The lowest BCUT2D eigenvalue weighted by atomic mass is 10.1. The molecule has 3 nitrogen and oxygen atoms in total. The summed E-state index contributed by atoms with van der Waals surface area (Å²) >= 11 is 0. The van der Waals surface area contributed by atoms with E-state index in [1.807, 2.05) is 30.3 Å². The molecule has 2 aromatic rings. The number of rotatable bonds is 8. The highest BCUT2D eigenvalue weighted by Gasteiger charge is 2.06. The molecule has 0 amide bonds. The van der Waals surface area contributed by atoms with Crippen LogP contribution in [-0.4, -0.2) is 20.3 Å². The van der Waals surface area contributed by atoms with E-state index in [9.17, 15) is 0 Å². The molecule has 21 heavy (non-hydrogen) atoms. The first-order valence-corrected chi connectivity index (χ1v) is 7.38. The predicted molar refractivity (Wildman–Crippen MR) is 86.0 cm³/mol. The van der Waals surface area contributed by atoms with Crippen LogP contribution in [0.4, 0.5) is 0 Å². The molecule has 0 heterocycles. The number of benzene rings is 2. The highest BCUT2D eigenvalue weighted by molar-refractivity contribution is 5.43. The van der Waals surface area contributed by atoms with Gasteiger partial charge < -0.3 is 14.8 Å². The molecule has 0 aliphatic rings. The lowest BCUT2D eigenvalue weighted by Crippen LogP contribution is -2.12. The lowest BCUT2D eigenvalue weighted by molar-refractivity contribution is 0.297. The van der Waals surface area contributed by atoms with Gasteiger partial charge in [-0.05, 0) is 29.8 Å². The molecule has 0 spiro atoms. The number of hydrogen-bond donors (Lipinski definition) is 1. The molecule has 0 aliphatic carbocycles. The third kappa shape index (κ3) is 4.80. The zero-order valence-electron chi connectivity index (χ0n) is 12.8. The van der Waals surface area contributed by atoms with Crippen molar-refractivity contribution in [3.8, 4) is 11.5 Å². The van der Waals surface area contributed by atoms with Gasteiger partial charge in [-0.25, -0.2) is 0 Å². The minimum absolute atomic E-state index is 0.644. The first kappa shape index (κ1) is 15.4. The fourth-order valence-corrected chi connectivity index (χ4v) is 2.14. The third-order valence-corrected chi connectivity index (χ3v) is 3.30. The van der Waals surface area contributed by atoms with Crippen LogP contribution in [0.25, 0.3) is 0 Å². The summed E-state index contributed by atoms with van der Waals surface area (Å²) in [6.45, 7) is 4.54. The van der Waals surface area contributed by atoms with Crippen molar-refractivity contribution >= 4 is 0 Å². The summed E-state index contributed by atoms with van der Waals surface area (Å²) in [6, 6.07) is 16.4. The van der Waals surface area contributed by atoms with E-state index in [0.29, 0.717) is 6.61 Å². The zero-order valence-corrected chi connectivity index (χ0v) is 12.8. The smallest absolute Gasteiger partial charge is 0.161 e. The van der Waals surface area contributed by atoms with Gasteiger partial charge in [-0.1, -0.05) is 43.3 Å². The second-order valence-corrected chi connectivity index (χ2v) is 4.85. The molecular weight excluding hydrogens is 262 g/mol. The molecule has 0 saturated heterocycles. The average Bonchev–Trinajstić information content (AvgIpc) is 2.54. The molecule has 0 fully saturated rings. The van der Waals surface area contributed by atoms with E-state index >= 15 is 0 Å². The fraction of sp³-hybridized carbons (Fsp3) is 0.333. The van der Waals surface area contributed by atoms with Gasteiger partial charge in [-0.15, -0.1) is 0 Å². The molecule has 0 aliphatic heterocycles. The minimum Gasteiger partial charge on any atom is -0.493 e. The number of ether oxygens (including phenoxy) is 2. The molecular formula is C18H23NO2. The van der Waals surface area contributed by atoms with Gasteiger partial charge >= 0.3 is 0 Å². The summed E-state index contributed by atoms with van der Waals surface area (Å²) in [7, 11) is 1.67. The SMILES string of the molecule is CCNCc1ccc(OC)c(OCCc2ccccc2)c1. The van der Waals surface area contributed by atoms with E-state index < -0.39 is 0 Å². The highest BCUT2D eigenvalue weighted by atomic mass is 16.5. The Bertz CT molecular complexity index is 540. The fourth-order valence-electron chi connectivity index (χ4n) is 2.14. The quantitative estimate of drug-likeness (QED) is 0.806. The van der Waals surface area contributed by atoms with Crippen LogP contribution in [0.2, 0.25) is 0 Å². The summed E-state index contributed by atoms with van der Waals surface area (Å²) in [6.07, 6.45) is 0.890. The van der Waals surface area contributed by atoms with Gasteiger partial charge in [-0.3, -0.25) is 0 Å². The van der Waals surface area contributed by atoms with Crippen LogP contribution in [-0.2, 0) is 13.0 Å². The van der Waals surface area contributed by atoms with Crippen molar-refractivity contribution in [1.29, 1.82) is 0 Å². The van der Waals surface area contributed by atoms with Gasteiger partial charge in [0.15, 0.2) is 11.5 Å². The number of methoxy groups -OCH3 is 1. The Kier molecular flexibility index (Phi) is 6.10. The standard InChI is InChI=1S/C18H23NO2/c1-3-19-14-16-9-10-17(20-2)18(13-16)21-12-11-15-7-5-4-6-8-15/h4-10,13,19H,3,11-12,14H2,1-2H3. The van der Waals surface area contributed by atoms with Crippen molar-refractivity contribution in [2.24, 2.45) is 0 Å². The van der Waals surface area contributed by atoms with Gasteiger partial charge in [0.05, 0.1) is 13.7 Å². The summed E-state index contributed by atoms with van der Waals surface area (Å²) in [5.41, 5.74) is 2.48. The van der Waals surface area contributed by atoms with Crippen LogP contribution in [0.5, 0.6) is 11.5 Å². The molecule has 1 N–H and O–H groups in total. The Hall–Kier alpha value is -2.00. The Morgan fingerprint density at radius 3 is 2.48 bits per heavy atom. The second-order valence-electron chi connectivity index (χ2n) is 4.85. The normalized spacial score (nSPS) is 10.4. The minimum atomic E-state index is 0.644. The Balaban J connectivity index is 1.96. The van der Waals surface area contributed by atoms with Crippen molar-refractivity contribution in [3.63, 3.8) is 0 Å². The van der Waals surface area contributed by atoms with E-state index in [1.54, 1.807) is 7.11 Å². The molecule has 0 saturated carbocycles. The van der Waals surface area contributed by atoms with Crippen molar-refractivity contribution in [3.05, 3.63) is 59.7 Å². The summed E-state index contributed by atoms with van der Waals surface area (Å²) < 4.78 is 11.3. The summed E-state index contributed by atoms with van der Waals surface area (Å²) in [4.78, 5) is 0. The van der Waals surface area contributed by atoms with Crippen LogP contribution in [0.15, 0.2) is 48.5 Å².